The number of hydrogen-bond donors (Lipinski definition) is 0. The Kier molecular flexibility index (Phi) is 51.4. The largest absolute Gasteiger partial charge is 0.462 e. The highest BCUT2D eigenvalue weighted by Crippen LogP contribution is 2.14. The molecule has 0 aromatic carbocycles. The molecule has 0 aromatic rings. The predicted octanol–water partition coefficient (Wildman–Crippen LogP) is 18.4. The summed E-state index contributed by atoms with van der Waals surface area (Å²) >= 11 is 0. The first-order valence-electron chi connectivity index (χ1n) is 27.6. The zero-order chi connectivity index (χ0) is 47.9. The molecular formula is C60H102O6. The van der Waals surface area contributed by atoms with E-state index in [1.54, 1.807) is 0 Å². The Hall–Kier alpha value is -3.41. The van der Waals surface area contributed by atoms with Crippen molar-refractivity contribution in [2.24, 2.45) is 0 Å². The summed E-state index contributed by atoms with van der Waals surface area (Å²) in [6.07, 6.45) is 70.0. The molecule has 0 saturated heterocycles. The van der Waals surface area contributed by atoms with Gasteiger partial charge < -0.3 is 14.2 Å². The molecule has 0 aliphatic rings. The quantitative estimate of drug-likeness (QED) is 0.0199. The summed E-state index contributed by atoms with van der Waals surface area (Å²) in [6, 6.07) is 0. The van der Waals surface area contributed by atoms with E-state index in [9.17, 15) is 14.4 Å². The molecule has 1 unspecified atom stereocenters. The first-order valence-corrected chi connectivity index (χ1v) is 27.6. The third-order valence-corrected chi connectivity index (χ3v) is 11.7. The van der Waals surface area contributed by atoms with E-state index in [-0.39, 0.29) is 31.1 Å². The molecule has 0 aromatic heterocycles. The van der Waals surface area contributed by atoms with E-state index in [0.717, 1.165) is 89.9 Å². The van der Waals surface area contributed by atoms with Gasteiger partial charge in [-0.25, -0.2) is 0 Å². The minimum atomic E-state index is -0.801. The highest BCUT2D eigenvalue weighted by atomic mass is 16.6. The summed E-state index contributed by atoms with van der Waals surface area (Å²) in [5.41, 5.74) is 0. The van der Waals surface area contributed by atoms with Gasteiger partial charge >= 0.3 is 17.9 Å². The topological polar surface area (TPSA) is 78.9 Å². The van der Waals surface area contributed by atoms with E-state index < -0.39 is 6.10 Å². The van der Waals surface area contributed by atoms with Crippen LogP contribution in [0.25, 0.3) is 0 Å². The van der Waals surface area contributed by atoms with Crippen LogP contribution in [0.4, 0.5) is 0 Å². The molecule has 0 bridgehead atoms. The van der Waals surface area contributed by atoms with Gasteiger partial charge in [0.1, 0.15) is 13.2 Å². The third kappa shape index (κ3) is 51.6. The van der Waals surface area contributed by atoms with Crippen LogP contribution in [0.3, 0.4) is 0 Å². The van der Waals surface area contributed by atoms with E-state index in [1.165, 1.54) is 128 Å². The van der Waals surface area contributed by atoms with Gasteiger partial charge in [0.15, 0.2) is 6.10 Å². The fourth-order valence-electron chi connectivity index (χ4n) is 7.54. The molecule has 0 spiro atoms. The zero-order valence-electron chi connectivity index (χ0n) is 43.2. The predicted molar refractivity (Wildman–Crippen MR) is 284 cm³/mol. The van der Waals surface area contributed by atoms with Crippen LogP contribution < -0.4 is 0 Å². The Labute approximate surface area is 407 Å². The Balaban J connectivity index is 4.44. The van der Waals surface area contributed by atoms with Crippen molar-refractivity contribution in [2.75, 3.05) is 13.2 Å². The maximum atomic E-state index is 12.8. The number of carbonyl (C=O) groups excluding carboxylic acids is 3. The number of unbranched alkanes of at least 4 members (excludes halogenated alkanes) is 27. The van der Waals surface area contributed by atoms with Crippen molar-refractivity contribution in [2.45, 2.75) is 264 Å². The fourth-order valence-corrected chi connectivity index (χ4v) is 7.54. The minimum Gasteiger partial charge on any atom is -0.462 e. The Morgan fingerprint density at radius 1 is 0.333 bits per heavy atom. The highest BCUT2D eigenvalue weighted by molar-refractivity contribution is 5.71. The number of hydrogen-bond acceptors (Lipinski definition) is 6. The number of rotatable bonds is 49. The lowest BCUT2D eigenvalue weighted by Crippen LogP contribution is -2.30. The first kappa shape index (κ1) is 62.6. The number of allylic oxidation sites excluding steroid dienone is 14. The summed E-state index contributed by atoms with van der Waals surface area (Å²) in [7, 11) is 0. The Bertz CT molecular complexity index is 1290. The average molecular weight is 919 g/mol. The molecule has 0 aliphatic heterocycles. The van der Waals surface area contributed by atoms with Crippen LogP contribution in [0.2, 0.25) is 0 Å². The van der Waals surface area contributed by atoms with Gasteiger partial charge in [-0.05, 0) is 96.3 Å². The number of carbonyl (C=O) groups is 3. The highest BCUT2D eigenvalue weighted by Gasteiger charge is 2.19. The van der Waals surface area contributed by atoms with Gasteiger partial charge in [0.2, 0.25) is 0 Å². The molecule has 0 aliphatic carbocycles. The summed E-state index contributed by atoms with van der Waals surface area (Å²) in [5, 5.41) is 0. The maximum Gasteiger partial charge on any atom is 0.306 e. The fraction of sp³-hybridized carbons (Fsp3) is 0.717. The van der Waals surface area contributed by atoms with Crippen LogP contribution in [0.5, 0.6) is 0 Å². The summed E-state index contributed by atoms with van der Waals surface area (Å²) < 4.78 is 16.8. The molecule has 66 heavy (non-hydrogen) atoms. The number of esters is 3. The third-order valence-electron chi connectivity index (χ3n) is 11.7. The lowest BCUT2D eigenvalue weighted by Gasteiger charge is -2.18. The zero-order valence-corrected chi connectivity index (χ0v) is 43.2. The van der Waals surface area contributed by atoms with Crippen molar-refractivity contribution in [1.29, 1.82) is 0 Å². The smallest absolute Gasteiger partial charge is 0.306 e. The minimum absolute atomic E-state index is 0.0970. The first-order chi connectivity index (χ1) is 32.5. The second kappa shape index (κ2) is 54.2. The molecular weight excluding hydrogens is 817 g/mol. The van der Waals surface area contributed by atoms with Crippen LogP contribution in [-0.4, -0.2) is 37.2 Å². The molecule has 6 nitrogen and oxygen atoms in total. The van der Waals surface area contributed by atoms with Crippen molar-refractivity contribution in [1.82, 2.24) is 0 Å². The lowest BCUT2D eigenvalue weighted by molar-refractivity contribution is -0.167. The van der Waals surface area contributed by atoms with Gasteiger partial charge in [-0.2, -0.15) is 0 Å². The molecule has 0 fully saturated rings. The van der Waals surface area contributed by atoms with Crippen molar-refractivity contribution in [3.8, 4) is 0 Å². The molecule has 0 radical (unpaired) electrons. The molecule has 1 atom stereocenters. The van der Waals surface area contributed by atoms with E-state index in [4.69, 9.17) is 14.2 Å². The van der Waals surface area contributed by atoms with E-state index in [2.05, 4.69) is 69.4 Å². The van der Waals surface area contributed by atoms with Crippen LogP contribution in [0.1, 0.15) is 258 Å². The van der Waals surface area contributed by atoms with E-state index in [1.807, 2.05) is 36.5 Å². The Morgan fingerprint density at radius 3 is 1.11 bits per heavy atom. The van der Waals surface area contributed by atoms with E-state index >= 15 is 0 Å². The van der Waals surface area contributed by atoms with Gasteiger partial charge in [-0.15, -0.1) is 0 Å². The second-order valence-electron chi connectivity index (χ2n) is 18.2. The molecule has 378 valence electrons. The van der Waals surface area contributed by atoms with Crippen molar-refractivity contribution >= 4 is 17.9 Å². The SMILES string of the molecule is CC\C=C/C=C\C=C/C=C\CCCCCC(=O)OCC(COC(=O)CCCCCCC/C=C\CCCCCCCCCCC)OC(=O)CCCCCCCCC/C=C\C/C=C\CCCCC. The molecule has 0 amide bonds. The Morgan fingerprint density at radius 2 is 0.652 bits per heavy atom. The molecule has 0 saturated carbocycles. The lowest BCUT2D eigenvalue weighted by atomic mass is 10.1. The van der Waals surface area contributed by atoms with Crippen LogP contribution in [0, 0.1) is 0 Å². The standard InChI is InChI=1S/C60H102O6/c1-4-7-10-13-16-19-22-25-27-29-31-32-35-38-41-44-47-50-53-59(62)65-56-57(55-64-58(61)52-49-46-43-40-37-34-24-21-18-15-12-9-6-3)66-60(63)54-51-48-45-42-39-36-33-30-28-26-23-20-17-14-11-8-5-2/h9,12,15,17-18,20-21,24,26,28,31-32,34,37,57H,4-8,10-11,13-14,16,19,22-23,25,27,29-30,33,35-36,38-56H2,1-3H3/b12-9-,18-15-,20-17-,24-21-,28-26-,32-31-,37-34-. The van der Waals surface area contributed by atoms with Crippen molar-refractivity contribution in [3.05, 3.63) is 85.1 Å². The van der Waals surface area contributed by atoms with E-state index in [0.29, 0.717) is 19.3 Å². The van der Waals surface area contributed by atoms with Gasteiger partial charge in [0.25, 0.3) is 0 Å². The van der Waals surface area contributed by atoms with Crippen LogP contribution >= 0.6 is 0 Å². The summed E-state index contributed by atoms with van der Waals surface area (Å²) in [6.45, 7) is 6.43. The van der Waals surface area contributed by atoms with Gasteiger partial charge in [-0.3, -0.25) is 14.4 Å². The summed E-state index contributed by atoms with van der Waals surface area (Å²) in [5.74, 6) is -0.950. The van der Waals surface area contributed by atoms with Crippen molar-refractivity contribution in [3.63, 3.8) is 0 Å². The normalized spacial score (nSPS) is 12.7. The van der Waals surface area contributed by atoms with Crippen LogP contribution in [0.15, 0.2) is 85.1 Å². The molecule has 0 N–H and O–H groups in total. The second-order valence-corrected chi connectivity index (χ2v) is 18.2. The number of ether oxygens (including phenoxy) is 3. The molecule has 0 heterocycles. The summed E-state index contributed by atoms with van der Waals surface area (Å²) in [4.78, 5) is 38.1. The van der Waals surface area contributed by atoms with Gasteiger partial charge in [-0.1, -0.05) is 228 Å². The van der Waals surface area contributed by atoms with Crippen molar-refractivity contribution < 1.29 is 28.6 Å². The molecule has 0 rings (SSSR count). The monoisotopic (exact) mass is 919 g/mol. The van der Waals surface area contributed by atoms with Crippen LogP contribution in [-0.2, 0) is 28.6 Å². The van der Waals surface area contributed by atoms with Gasteiger partial charge in [0, 0.05) is 19.3 Å². The average Bonchev–Trinajstić information content (AvgIpc) is 3.31. The van der Waals surface area contributed by atoms with Gasteiger partial charge in [0.05, 0.1) is 0 Å². The molecule has 6 heteroatoms. The maximum absolute atomic E-state index is 12.8.